The molecule has 0 aliphatic rings. The van der Waals surface area contributed by atoms with Crippen LogP contribution in [0, 0.1) is 0 Å². The number of hydrogen-bond donors (Lipinski definition) is 2. The summed E-state index contributed by atoms with van der Waals surface area (Å²) >= 11 is 1.70. The van der Waals surface area contributed by atoms with E-state index in [1.165, 1.54) is 5.01 Å². The summed E-state index contributed by atoms with van der Waals surface area (Å²) in [5.41, 5.74) is 1.06. The molecule has 0 spiro atoms. The summed E-state index contributed by atoms with van der Waals surface area (Å²) in [6, 6.07) is 3.87. The van der Waals surface area contributed by atoms with Crippen molar-refractivity contribution in [3.63, 3.8) is 0 Å². The molecule has 2 N–H and O–H groups in total. The van der Waals surface area contributed by atoms with Gasteiger partial charge in [0.15, 0.2) is 5.96 Å². The average Bonchev–Trinajstić information content (AvgIpc) is 3.13. The highest BCUT2D eigenvalue weighted by molar-refractivity contribution is 14.0. The Labute approximate surface area is 146 Å². The summed E-state index contributed by atoms with van der Waals surface area (Å²) in [6.45, 7) is 3.59. The molecule has 21 heavy (non-hydrogen) atoms. The Morgan fingerprint density at radius 1 is 1.43 bits per heavy atom. The molecular weight excluding hydrogens is 399 g/mol. The van der Waals surface area contributed by atoms with E-state index in [2.05, 4.69) is 32.9 Å². The Hall–Kier alpha value is -1.09. The van der Waals surface area contributed by atoms with Gasteiger partial charge in [-0.2, -0.15) is 0 Å². The van der Waals surface area contributed by atoms with Crippen molar-refractivity contribution in [1.82, 2.24) is 15.6 Å². The van der Waals surface area contributed by atoms with E-state index in [0.717, 1.165) is 36.8 Å². The van der Waals surface area contributed by atoms with Gasteiger partial charge in [-0.15, -0.1) is 35.3 Å². The summed E-state index contributed by atoms with van der Waals surface area (Å²) in [5.74, 6) is 1.75. The van der Waals surface area contributed by atoms with Crippen molar-refractivity contribution in [1.29, 1.82) is 0 Å². The van der Waals surface area contributed by atoms with Crippen molar-refractivity contribution in [2.75, 3.05) is 13.6 Å². The SMILES string of the molecule is CCc1nc(CNC(=NC)NCCc2ccco2)cs1.I. The molecule has 7 heteroatoms. The van der Waals surface area contributed by atoms with Crippen LogP contribution in [0.5, 0.6) is 0 Å². The van der Waals surface area contributed by atoms with E-state index in [0.29, 0.717) is 6.54 Å². The number of aliphatic imine (C=N–C) groups is 1. The third kappa shape index (κ3) is 6.04. The number of guanidine groups is 1. The van der Waals surface area contributed by atoms with E-state index in [1.54, 1.807) is 24.6 Å². The summed E-state index contributed by atoms with van der Waals surface area (Å²) in [6.07, 6.45) is 3.52. The Morgan fingerprint density at radius 3 is 2.90 bits per heavy atom. The van der Waals surface area contributed by atoms with Crippen LogP contribution < -0.4 is 10.6 Å². The molecule has 116 valence electrons. The molecule has 0 saturated heterocycles. The van der Waals surface area contributed by atoms with Gasteiger partial charge in [-0.3, -0.25) is 4.99 Å². The van der Waals surface area contributed by atoms with Crippen molar-refractivity contribution >= 4 is 41.3 Å². The summed E-state index contributed by atoms with van der Waals surface area (Å²) in [4.78, 5) is 8.70. The molecule has 2 aromatic rings. The Morgan fingerprint density at radius 2 is 2.29 bits per heavy atom. The van der Waals surface area contributed by atoms with Gasteiger partial charge in [0, 0.05) is 25.4 Å². The molecule has 0 aliphatic heterocycles. The lowest BCUT2D eigenvalue weighted by atomic mass is 10.3. The van der Waals surface area contributed by atoms with Crippen LogP contribution in [-0.4, -0.2) is 24.5 Å². The zero-order valence-electron chi connectivity index (χ0n) is 12.3. The molecule has 0 unspecified atom stereocenters. The molecule has 5 nitrogen and oxygen atoms in total. The van der Waals surface area contributed by atoms with Gasteiger partial charge in [0.1, 0.15) is 5.76 Å². The van der Waals surface area contributed by atoms with Crippen LogP contribution in [0.25, 0.3) is 0 Å². The lowest BCUT2D eigenvalue weighted by molar-refractivity contribution is 0.507. The second-order valence-electron chi connectivity index (χ2n) is 4.27. The second kappa shape index (κ2) is 9.78. The van der Waals surface area contributed by atoms with Gasteiger partial charge in [0.25, 0.3) is 0 Å². The molecule has 0 aliphatic carbocycles. The van der Waals surface area contributed by atoms with E-state index >= 15 is 0 Å². The quantitative estimate of drug-likeness (QED) is 0.429. The van der Waals surface area contributed by atoms with E-state index in [9.17, 15) is 0 Å². The minimum atomic E-state index is 0. The first kappa shape index (κ1) is 18.0. The maximum atomic E-state index is 5.28. The molecule has 0 bridgehead atoms. The normalized spacial score (nSPS) is 11.0. The number of nitrogens with zero attached hydrogens (tertiary/aromatic N) is 2. The fourth-order valence-electron chi connectivity index (χ4n) is 1.75. The summed E-state index contributed by atoms with van der Waals surface area (Å²) < 4.78 is 5.28. The topological polar surface area (TPSA) is 62.5 Å². The summed E-state index contributed by atoms with van der Waals surface area (Å²) in [5, 5.41) is 9.76. The third-order valence-corrected chi connectivity index (χ3v) is 3.85. The number of rotatable bonds is 6. The number of aromatic nitrogens is 1. The van der Waals surface area contributed by atoms with Crippen LogP contribution in [0.2, 0.25) is 0 Å². The largest absolute Gasteiger partial charge is 0.469 e. The summed E-state index contributed by atoms with van der Waals surface area (Å²) in [7, 11) is 1.76. The van der Waals surface area contributed by atoms with Crippen LogP contribution >= 0.6 is 35.3 Å². The maximum Gasteiger partial charge on any atom is 0.191 e. The zero-order valence-corrected chi connectivity index (χ0v) is 15.4. The van der Waals surface area contributed by atoms with Gasteiger partial charge in [-0.05, 0) is 18.6 Å². The molecule has 2 heterocycles. The van der Waals surface area contributed by atoms with E-state index in [-0.39, 0.29) is 24.0 Å². The van der Waals surface area contributed by atoms with E-state index < -0.39 is 0 Å². The van der Waals surface area contributed by atoms with E-state index in [1.807, 2.05) is 12.1 Å². The molecule has 0 aromatic carbocycles. The molecule has 0 fully saturated rings. The Kier molecular flexibility index (Phi) is 8.36. The number of halogens is 1. The fourth-order valence-corrected chi connectivity index (χ4v) is 2.49. The van der Waals surface area contributed by atoms with Gasteiger partial charge >= 0.3 is 0 Å². The molecule has 0 saturated carbocycles. The van der Waals surface area contributed by atoms with Crippen molar-refractivity contribution in [3.8, 4) is 0 Å². The Balaban J connectivity index is 0.00000220. The maximum absolute atomic E-state index is 5.28. The van der Waals surface area contributed by atoms with Crippen molar-refractivity contribution in [2.24, 2.45) is 4.99 Å². The van der Waals surface area contributed by atoms with Crippen molar-refractivity contribution in [2.45, 2.75) is 26.3 Å². The molecule has 0 amide bonds. The minimum absolute atomic E-state index is 0. The lowest BCUT2D eigenvalue weighted by Gasteiger charge is -2.10. The third-order valence-electron chi connectivity index (χ3n) is 2.81. The smallest absolute Gasteiger partial charge is 0.191 e. The minimum Gasteiger partial charge on any atom is -0.469 e. The van der Waals surface area contributed by atoms with Gasteiger partial charge in [0.2, 0.25) is 0 Å². The van der Waals surface area contributed by atoms with Crippen molar-refractivity contribution in [3.05, 3.63) is 40.2 Å². The number of hydrogen-bond acceptors (Lipinski definition) is 4. The van der Waals surface area contributed by atoms with Gasteiger partial charge in [0.05, 0.1) is 23.5 Å². The van der Waals surface area contributed by atoms with Crippen LogP contribution in [0.1, 0.15) is 23.4 Å². The highest BCUT2D eigenvalue weighted by atomic mass is 127. The molecule has 2 rings (SSSR count). The second-order valence-corrected chi connectivity index (χ2v) is 5.21. The Bertz CT molecular complexity index is 539. The number of thiazole rings is 1. The van der Waals surface area contributed by atoms with Crippen LogP contribution in [0.3, 0.4) is 0 Å². The number of aryl methyl sites for hydroxylation is 1. The molecule has 2 aromatic heterocycles. The highest BCUT2D eigenvalue weighted by Gasteiger charge is 2.02. The monoisotopic (exact) mass is 420 g/mol. The highest BCUT2D eigenvalue weighted by Crippen LogP contribution is 2.09. The van der Waals surface area contributed by atoms with Crippen LogP contribution in [0.4, 0.5) is 0 Å². The van der Waals surface area contributed by atoms with Crippen LogP contribution in [0.15, 0.2) is 33.2 Å². The average molecular weight is 420 g/mol. The lowest BCUT2D eigenvalue weighted by Crippen LogP contribution is -2.37. The fraction of sp³-hybridized carbons (Fsp3) is 0.429. The predicted molar refractivity (Wildman–Crippen MR) is 97.5 cm³/mol. The molecule has 0 atom stereocenters. The predicted octanol–water partition coefficient (Wildman–Crippen LogP) is 2.82. The van der Waals surface area contributed by atoms with Gasteiger partial charge < -0.3 is 15.1 Å². The van der Waals surface area contributed by atoms with Gasteiger partial charge in [-0.25, -0.2) is 4.98 Å². The first-order valence-electron chi connectivity index (χ1n) is 6.72. The van der Waals surface area contributed by atoms with Crippen molar-refractivity contribution < 1.29 is 4.42 Å². The number of furan rings is 1. The molecule has 0 radical (unpaired) electrons. The van der Waals surface area contributed by atoms with Gasteiger partial charge in [-0.1, -0.05) is 6.92 Å². The standard InChI is InChI=1S/C14H20N4OS.HI/c1-3-13-18-11(10-20-13)9-17-14(15-2)16-7-6-12-5-4-8-19-12;/h4-5,8,10H,3,6-7,9H2,1-2H3,(H2,15,16,17);1H. The first-order valence-corrected chi connectivity index (χ1v) is 7.60. The first-order chi connectivity index (χ1) is 9.81. The molecular formula is C14H21IN4OS. The zero-order chi connectivity index (χ0) is 14.2. The van der Waals surface area contributed by atoms with Crippen LogP contribution in [-0.2, 0) is 19.4 Å². The van der Waals surface area contributed by atoms with E-state index in [4.69, 9.17) is 4.42 Å². The number of nitrogens with one attached hydrogen (secondary N) is 2.